The zero-order chi connectivity index (χ0) is 12.4. The Hall–Kier alpha value is -2.17. The summed E-state index contributed by atoms with van der Waals surface area (Å²) in [6.07, 6.45) is 1.66. The van der Waals surface area contributed by atoms with Gasteiger partial charge in [-0.3, -0.25) is 14.9 Å². The third kappa shape index (κ3) is 2.18. The second kappa shape index (κ2) is 4.37. The van der Waals surface area contributed by atoms with Crippen LogP contribution in [0.2, 0.25) is 0 Å². The van der Waals surface area contributed by atoms with Crippen molar-refractivity contribution in [2.24, 2.45) is 0 Å². The molecule has 0 atom stereocenters. The van der Waals surface area contributed by atoms with Gasteiger partial charge in [0.05, 0.1) is 5.56 Å². The number of H-pyrrole nitrogens is 1. The highest BCUT2D eigenvalue weighted by Crippen LogP contribution is 2.20. The number of nitrogens with one attached hydrogen (secondary N) is 1. The van der Waals surface area contributed by atoms with E-state index >= 15 is 0 Å². The summed E-state index contributed by atoms with van der Waals surface area (Å²) in [7, 11) is 3.43. The van der Waals surface area contributed by atoms with Gasteiger partial charge < -0.3 is 4.90 Å². The van der Waals surface area contributed by atoms with Crippen LogP contribution in [0.4, 0.5) is 0 Å². The summed E-state index contributed by atoms with van der Waals surface area (Å²) >= 11 is 0. The van der Waals surface area contributed by atoms with E-state index in [1.54, 1.807) is 32.4 Å². The summed E-state index contributed by atoms with van der Waals surface area (Å²) in [5.41, 5.74) is 2.79. The molecule has 0 bridgehead atoms. The molecule has 0 spiro atoms. The van der Waals surface area contributed by atoms with E-state index < -0.39 is 0 Å². The van der Waals surface area contributed by atoms with Crippen LogP contribution in [0.5, 0.6) is 0 Å². The summed E-state index contributed by atoms with van der Waals surface area (Å²) in [6, 6.07) is 5.38. The fourth-order valence-corrected chi connectivity index (χ4v) is 1.56. The Kier molecular flexibility index (Phi) is 2.91. The molecule has 5 heteroatoms. The van der Waals surface area contributed by atoms with Gasteiger partial charge in [0.25, 0.3) is 5.91 Å². The van der Waals surface area contributed by atoms with Crippen molar-refractivity contribution in [3.63, 3.8) is 0 Å². The van der Waals surface area contributed by atoms with Crippen molar-refractivity contribution in [3.05, 3.63) is 35.7 Å². The quantitative estimate of drug-likeness (QED) is 0.850. The summed E-state index contributed by atoms with van der Waals surface area (Å²) < 4.78 is 0. The van der Waals surface area contributed by atoms with Gasteiger partial charge >= 0.3 is 0 Å². The molecule has 0 saturated heterocycles. The van der Waals surface area contributed by atoms with Gasteiger partial charge in [0.2, 0.25) is 0 Å². The van der Waals surface area contributed by atoms with Crippen LogP contribution in [0.3, 0.4) is 0 Å². The van der Waals surface area contributed by atoms with Crippen molar-refractivity contribution in [2.75, 3.05) is 14.1 Å². The minimum absolute atomic E-state index is 0.0752. The van der Waals surface area contributed by atoms with E-state index in [9.17, 15) is 4.79 Å². The first-order valence-corrected chi connectivity index (χ1v) is 5.28. The Bertz CT molecular complexity index is 545. The molecule has 2 rings (SSSR count). The number of hydrogen-bond donors (Lipinski definition) is 1. The Morgan fingerprint density at radius 1 is 1.41 bits per heavy atom. The Morgan fingerprint density at radius 2 is 2.18 bits per heavy atom. The largest absolute Gasteiger partial charge is 0.345 e. The van der Waals surface area contributed by atoms with E-state index in [4.69, 9.17) is 0 Å². The SMILES string of the molecule is Cc1cc(-c2ncccc2C(=O)N(C)C)n[nH]1. The standard InChI is InChI=1S/C12H14N4O/c1-8-7-10(15-14-8)11-9(5-4-6-13-11)12(17)16(2)3/h4-7H,1-3H3,(H,14,15). The molecule has 0 saturated carbocycles. The van der Waals surface area contributed by atoms with Crippen LogP contribution in [0.25, 0.3) is 11.4 Å². The number of aromatic nitrogens is 3. The Labute approximate surface area is 99.5 Å². The first kappa shape index (κ1) is 11.3. The van der Waals surface area contributed by atoms with Crippen LogP contribution in [0.1, 0.15) is 16.1 Å². The third-order valence-electron chi connectivity index (χ3n) is 2.39. The predicted octanol–water partition coefficient (Wildman–Crippen LogP) is 1.48. The maximum atomic E-state index is 12.0. The van der Waals surface area contributed by atoms with Gasteiger partial charge in [0, 0.05) is 26.0 Å². The maximum absolute atomic E-state index is 12.0. The molecule has 0 aliphatic heterocycles. The van der Waals surface area contributed by atoms with Gasteiger partial charge in [-0.2, -0.15) is 5.10 Å². The molecule has 2 heterocycles. The van der Waals surface area contributed by atoms with Crippen molar-refractivity contribution in [2.45, 2.75) is 6.92 Å². The van der Waals surface area contributed by atoms with Crippen molar-refractivity contribution in [1.82, 2.24) is 20.1 Å². The molecule has 88 valence electrons. The van der Waals surface area contributed by atoms with E-state index in [1.807, 2.05) is 13.0 Å². The number of hydrogen-bond acceptors (Lipinski definition) is 3. The second-order valence-electron chi connectivity index (χ2n) is 4.04. The van der Waals surface area contributed by atoms with Crippen LogP contribution in [0, 0.1) is 6.92 Å². The summed E-state index contributed by atoms with van der Waals surface area (Å²) in [4.78, 5) is 17.8. The summed E-state index contributed by atoms with van der Waals surface area (Å²) in [5.74, 6) is -0.0752. The van der Waals surface area contributed by atoms with E-state index in [0.29, 0.717) is 17.0 Å². The molecule has 0 aliphatic rings. The number of amides is 1. The predicted molar refractivity (Wildman–Crippen MR) is 64.6 cm³/mol. The lowest BCUT2D eigenvalue weighted by atomic mass is 10.1. The molecule has 5 nitrogen and oxygen atoms in total. The van der Waals surface area contributed by atoms with Gasteiger partial charge in [0.15, 0.2) is 0 Å². The average Bonchev–Trinajstić information content (AvgIpc) is 2.74. The van der Waals surface area contributed by atoms with Gasteiger partial charge in [-0.15, -0.1) is 0 Å². The highest BCUT2D eigenvalue weighted by molar-refractivity contribution is 5.99. The van der Waals surface area contributed by atoms with Crippen molar-refractivity contribution < 1.29 is 4.79 Å². The van der Waals surface area contributed by atoms with Crippen LogP contribution in [0.15, 0.2) is 24.4 Å². The molecule has 0 aromatic carbocycles. The Morgan fingerprint density at radius 3 is 2.76 bits per heavy atom. The van der Waals surface area contributed by atoms with E-state index in [2.05, 4.69) is 15.2 Å². The molecule has 0 aliphatic carbocycles. The van der Waals surface area contributed by atoms with Crippen molar-refractivity contribution in [3.8, 4) is 11.4 Å². The highest BCUT2D eigenvalue weighted by atomic mass is 16.2. The van der Waals surface area contributed by atoms with Crippen LogP contribution < -0.4 is 0 Å². The van der Waals surface area contributed by atoms with E-state index in [1.165, 1.54) is 4.90 Å². The monoisotopic (exact) mass is 230 g/mol. The number of nitrogens with zero attached hydrogens (tertiary/aromatic N) is 3. The van der Waals surface area contributed by atoms with Gasteiger partial charge in [-0.1, -0.05) is 0 Å². The smallest absolute Gasteiger partial charge is 0.255 e. The zero-order valence-electron chi connectivity index (χ0n) is 10.1. The third-order valence-corrected chi connectivity index (χ3v) is 2.39. The molecule has 2 aromatic rings. The van der Waals surface area contributed by atoms with Gasteiger partial charge in [-0.05, 0) is 25.1 Å². The lowest BCUT2D eigenvalue weighted by Crippen LogP contribution is -2.22. The van der Waals surface area contributed by atoms with Crippen LogP contribution in [-0.2, 0) is 0 Å². The molecule has 0 unspecified atom stereocenters. The van der Waals surface area contributed by atoms with Crippen molar-refractivity contribution >= 4 is 5.91 Å². The minimum Gasteiger partial charge on any atom is -0.345 e. The topological polar surface area (TPSA) is 61.9 Å². The highest BCUT2D eigenvalue weighted by Gasteiger charge is 2.16. The molecule has 2 aromatic heterocycles. The first-order chi connectivity index (χ1) is 8.09. The maximum Gasteiger partial charge on any atom is 0.255 e. The van der Waals surface area contributed by atoms with Gasteiger partial charge in [0.1, 0.15) is 11.4 Å². The lowest BCUT2D eigenvalue weighted by Gasteiger charge is -2.11. The molecular formula is C12H14N4O. The average molecular weight is 230 g/mol. The molecule has 0 fully saturated rings. The lowest BCUT2D eigenvalue weighted by molar-refractivity contribution is 0.0828. The minimum atomic E-state index is -0.0752. The number of carbonyl (C=O) groups excluding carboxylic acids is 1. The molecule has 1 N–H and O–H groups in total. The van der Waals surface area contributed by atoms with Gasteiger partial charge in [-0.25, -0.2) is 0 Å². The second-order valence-corrected chi connectivity index (χ2v) is 4.04. The number of aromatic amines is 1. The number of pyridine rings is 1. The molecule has 17 heavy (non-hydrogen) atoms. The van der Waals surface area contributed by atoms with E-state index in [-0.39, 0.29) is 5.91 Å². The van der Waals surface area contributed by atoms with Crippen LogP contribution in [-0.4, -0.2) is 40.1 Å². The Balaban J connectivity index is 2.51. The van der Waals surface area contributed by atoms with Crippen LogP contribution >= 0.6 is 0 Å². The number of carbonyl (C=O) groups is 1. The summed E-state index contributed by atoms with van der Waals surface area (Å²) in [5, 5.41) is 6.98. The molecule has 1 amide bonds. The summed E-state index contributed by atoms with van der Waals surface area (Å²) in [6.45, 7) is 1.91. The number of aryl methyl sites for hydroxylation is 1. The zero-order valence-corrected chi connectivity index (χ0v) is 10.1. The van der Waals surface area contributed by atoms with Crippen molar-refractivity contribution in [1.29, 1.82) is 0 Å². The molecular weight excluding hydrogens is 216 g/mol. The fourth-order valence-electron chi connectivity index (χ4n) is 1.56. The normalized spacial score (nSPS) is 10.3. The first-order valence-electron chi connectivity index (χ1n) is 5.28. The molecule has 0 radical (unpaired) electrons. The fraction of sp³-hybridized carbons (Fsp3) is 0.250. The van der Waals surface area contributed by atoms with E-state index in [0.717, 1.165) is 5.69 Å². The number of rotatable bonds is 2.